The summed E-state index contributed by atoms with van der Waals surface area (Å²) in [6.07, 6.45) is 4.90. The molecule has 1 saturated heterocycles. The van der Waals surface area contributed by atoms with Crippen LogP contribution in [0, 0.1) is 11.6 Å². The van der Waals surface area contributed by atoms with Gasteiger partial charge in [0.1, 0.15) is 34.1 Å². The number of hydrogen-bond acceptors (Lipinski definition) is 7. The zero-order chi connectivity index (χ0) is 28.8. The summed E-state index contributed by atoms with van der Waals surface area (Å²) in [6.45, 7) is 3.78. The minimum absolute atomic E-state index is 0.0191. The van der Waals surface area contributed by atoms with Crippen LogP contribution in [-0.4, -0.2) is 43.8 Å². The zero-order valence-corrected chi connectivity index (χ0v) is 22.9. The lowest BCUT2D eigenvalue weighted by atomic mass is 9.89. The summed E-state index contributed by atoms with van der Waals surface area (Å²) in [6, 6.07) is 14.7. The Balaban J connectivity index is 1.41. The molecule has 1 aliphatic heterocycles. The second-order valence-electron chi connectivity index (χ2n) is 10.8. The van der Waals surface area contributed by atoms with Gasteiger partial charge in [-0.2, -0.15) is 0 Å². The molecule has 10 heteroatoms. The second-order valence-corrected chi connectivity index (χ2v) is 10.8. The summed E-state index contributed by atoms with van der Waals surface area (Å²) in [5, 5.41) is 20.6. The number of hydrogen-bond donors (Lipinski definition) is 1. The largest absolute Gasteiger partial charge is 0.494 e. The molecular formula is C31H29F2N5O3. The Bertz CT molecular complexity index is 1720. The van der Waals surface area contributed by atoms with Crippen molar-refractivity contribution < 1.29 is 23.4 Å². The van der Waals surface area contributed by atoms with E-state index in [-0.39, 0.29) is 17.8 Å². The minimum Gasteiger partial charge on any atom is -0.494 e. The van der Waals surface area contributed by atoms with E-state index in [1.165, 1.54) is 38.1 Å². The predicted octanol–water partition coefficient (Wildman–Crippen LogP) is 5.78. The van der Waals surface area contributed by atoms with Crippen molar-refractivity contribution in [2.75, 3.05) is 13.7 Å². The van der Waals surface area contributed by atoms with Crippen LogP contribution in [0.5, 0.6) is 5.75 Å². The number of aliphatic hydroxyl groups is 1. The van der Waals surface area contributed by atoms with Gasteiger partial charge < -0.3 is 14.6 Å². The van der Waals surface area contributed by atoms with Gasteiger partial charge in [-0.25, -0.2) is 18.4 Å². The average Bonchev–Trinajstić information content (AvgIpc) is 3.63. The van der Waals surface area contributed by atoms with Gasteiger partial charge in [0.15, 0.2) is 5.82 Å². The van der Waals surface area contributed by atoms with E-state index in [0.29, 0.717) is 35.7 Å². The van der Waals surface area contributed by atoms with Gasteiger partial charge in [0.25, 0.3) is 0 Å². The van der Waals surface area contributed by atoms with Crippen LogP contribution >= 0.6 is 0 Å². The van der Waals surface area contributed by atoms with E-state index < -0.39 is 22.8 Å². The fraction of sp³-hybridized carbons (Fsp3) is 0.290. The van der Waals surface area contributed by atoms with Crippen LogP contribution in [0.1, 0.15) is 37.9 Å². The van der Waals surface area contributed by atoms with Crippen molar-refractivity contribution in [3.63, 3.8) is 0 Å². The van der Waals surface area contributed by atoms with Gasteiger partial charge in [-0.15, -0.1) is 5.10 Å². The van der Waals surface area contributed by atoms with E-state index in [4.69, 9.17) is 14.5 Å². The van der Waals surface area contributed by atoms with Crippen LogP contribution in [0.15, 0.2) is 67.0 Å². The summed E-state index contributed by atoms with van der Waals surface area (Å²) >= 11 is 0. The van der Waals surface area contributed by atoms with Crippen LogP contribution in [0.25, 0.3) is 33.4 Å². The first-order chi connectivity index (χ1) is 19.7. The van der Waals surface area contributed by atoms with Gasteiger partial charge in [0, 0.05) is 34.9 Å². The molecular weight excluding hydrogens is 528 g/mol. The SMILES string of the molecule is COc1cc(-c2cn(C[C@@]3(c4cc(C(C)(C)O)c(F)c(-c5ccc(F)cc5)n4)CCCO3)nn2)cc2cccnc12. The third-order valence-electron chi connectivity index (χ3n) is 7.45. The molecule has 0 bridgehead atoms. The number of ether oxygens (including phenoxy) is 2. The van der Waals surface area contributed by atoms with Gasteiger partial charge >= 0.3 is 0 Å². The number of fused-ring (bicyclic) bond motifs is 1. The van der Waals surface area contributed by atoms with Crippen LogP contribution in [0.2, 0.25) is 0 Å². The number of halogens is 2. The summed E-state index contributed by atoms with van der Waals surface area (Å²) in [5.41, 5.74) is 0.718. The molecule has 1 N–H and O–H groups in total. The first kappa shape index (κ1) is 26.9. The van der Waals surface area contributed by atoms with Crippen LogP contribution in [-0.2, 0) is 22.5 Å². The Labute approximate surface area is 235 Å². The normalized spacial score (nSPS) is 17.3. The molecule has 0 unspecified atom stereocenters. The van der Waals surface area contributed by atoms with Crippen molar-refractivity contribution in [3.05, 3.63) is 89.9 Å². The van der Waals surface area contributed by atoms with Crippen molar-refractivity contribution in [3.8, 4) is 28.3 Å². The standard InChI is InChI=1S/C31H29F2N5O3/c1-30(2,39)23-16-26(35-29(27(23)33)19-7-9-22(32)10-8-19)31(11-5-13-41-31)18-38-17-24(36-37-38)21-14-20-6-4-12-34-28(20)25(15-21)40-3/h4,6-10,12,14-17,39H,5,11,13,18H2,1-3H3/t31-/m1/s1. The molecule has 2 aromatic carbocycles. The summed E-state index contributed by atoms with van der Waals surface area (Å²) in [7, 11) is 1.60. The molecule has 0 aliphatic carbocycles. The van der Waals surface area contributed by atoms with E-state index in [0.717, 1.165) is 22.9 Å². The maximum absolute atomic E-state index is 15.7. The van der Waals surface area contributed by atoms with Gasteiger partial charge in [0.2, 0.25) is 0 Å². The molecule has 0 spiro atoms. The lowest BCUT2D eigenvalue weighted by Gasteiger charge is -2.30. The fourth-order valence-electron chi connectivity index (χ4n) is 5.34. The highest BCUT2D eigenvalue weighted by Gasteiger charge is 2.41. The van der Waals surface area contributed by atoms with Crippen molar-refractivity contribution in [1.29, 1.82) is 0 Å². The third kappa shape index (κ3) is 5.05. The number of methoxy groups -OCH3 is 1. The summed E-state index contributed by atoms with van der Waals surface area (Å²) in [5.74, 6) is -0.471. The van der Waals surface area contributed by atoms with Crippen LogP contribution in [0.3, 0.4) is 0 Å². The predicted molar refractivity (Wildman–Crippen MR) is 149 cm³/mol. The lowest BCUT2D eigenvalue weighted by molar-refractivity contribution is -0.0212. The zero-order valence-electron chi connectivity index (χ0n) is 22.9. The molecule has 3 aromatic heterocycles. The molecule has 0 amide bonds. The minimum atomic E-state index is -1.50. The Hall–Kier alpha value is -4.28. The topological polar surface area (TPSA) is 95.2 Å². The molecule has 1 fully saturated rings. The molecule has 6 rings (SSSR count). The highest BCUT2D eigenvalue weighted by Crippen LogP contribution is 2.41. The van der Waals surface area contributed by atoms with E-state index in [1.54, 1.807) is 24.1 Å². The lowest BCUT2D eigenvalue weighted by Crippen LogP contribution is -2.33. The van der Waals surface area contributed by atoms with Crippen LogP contribution in [0.4, 0.5) is 8.78 Å². The second kappa shape index (κ2) is 10.3. The molecule has 0 radical (unpaired) electrons. The number of aromatic nitrogens is 5. The van der Waals surface area contributed by atoms with Crippen LogP contribution < -0.4 is 4.74 Å². The van der Waals surface area contributed by atoms with Crippen molar-refractivity contribution in [2.24, 2.45) is 0 Å². The van der Waals surface area contributed by atoms with Gasteiger partial charge in [-0.05, 0) is 75.2 Å². The fourth-order valence-corrected chi connectivity index (χ4v) is 5.34. The molecule has 210 valence electrons. The molecule has 1 atom stereocenters. The highest BCUT2D eigenvalue weighted by atomic mass is 19.1. The first-order valence-corrected chi connectivity index (χ1v) is 13.3. The highest BCUT2D eigenvalue weighted by molar-refractivity contribution is 5.89. The summed E-state index contributed by atoms with van der Waals surface area (Å²) < 4.78 is 42.9. The van der Waals surface area contributed by atoms with Crippen molar-refractivity contribution >= 4 is 10.9 Å². The van der Waals surface area contributed by atoms with E-state index in [2.05, 4.69) is 15.3 Å². The molecule has 41 heavy (non-hydrogen) atoms. The van der Waals surface area contributed by atoms with Gasteiger partial charge in [-0.1, -0.05) is 11.3 Å². The molecule has 0 saturated carbocycles. The first-order valence-electron chi connectivity index (χ1n) is 13.3. The Morgan fingerprint density at radius 1 is 1.10 bits per heavy atom. The third-order valence-corrected chi connectivity index (χ3v) is 7.45. The monoisotopic (exact) mass is 557 g/mol. The van der Waals surface area contributed by atoms with Crippen molar-refractivity contribution in [2.45, 2.75) is 44.4 Å². The Morgan fingerprint density at radius 2 is 1.90 bits per heavy atom. The number of rotatable bonds is 7. The van der Waals surface area contributed by atoms with E-state index in [9.17, 15) is 9.50 Å². The molecule has 1 aliphatic rings. The Kier molecular flexibility index (Phi) is 6.75. The average molecular weight is 558 g/mol. The maximum atomic E-state index is 15.7. The van der Waals surface area contributed by atoms with Gasteiger partial charge in [-0.3, -0.25) is 4.98 Å². The van der Waals surface area contributed by atoms with E-state index >= 15 is 4.39 Å². The summed E-state index contributed by atoms with van der Waals surface area (Å²) in [4.78, 5) is 9.11. The van der Waals surface area contributed by atoms with Crippen molar-refractivity contribution in [1.82, 2.24) is 25.0 Å². The molecule has 4 heterocycles. The quantitative estimate of drug-likeness (QED) is 0.271. The maximum Gasteiger partial charge on any atom is 0.155 e. The molecule has 8 nitrogen and oxygen atoms in total. The Morgan fingerprint density at radius 3 is 2.61 bits per heavy atom. The molecule has 5 aromatic rings. The number of nitrogens with zero attached hydrogens (tertiary/aromatic N) is 5. The smallest absolute Gasteiger partial charge is 0.155 e. The van der Waals surface area contributed by atoms with E-state index in [1.807, 2.05) is 30.5 Å². The van der Waals surface area contributed by atoms with Gasteiger partial charge in [0.05, 0.1) is 31.1 Å². The number of pyridine rings is 2. The number of benzene rings is 2.